The normalized spacial score (nSPS) is 14.6. The number of hydrogen-bond acceptors (Lipinski definition) is 3. The van der Waals surface area contributed by atoms with Crippen LogP contribution in [0.25, 0.3) is 0 Å². The number of fused-ring (bicyclic) bond motifs is 1. The summed E-state index contributed by atoms with van der Waals surface area (Å²) >= 11 is 3.36. The lowest BCUT2D eigenvalue weighted by atomic mass is 9.98. The van der Waals surface area contributed by atoms with Crippen LogP contribution in [0.15, 0.2) is 41.0 Å². The molecule has 0 radical (unpaired) electrons. The van der Waals surface area contributed by atoms with Crippen molar-refractivity contribution in [2.75, 3.05) is 18.9 Å². The Bertz CT molecular complexity index is 687. The summed E-state index contributed by atoms with van der Waals surface area (Å²) in [7, 11) is 2.11. The largest absolute Gasteiger partial charge is 0.320 e. The highest BCUT2D eigenvalue weighted by Gasteiger charge is 2.18. The first-order valence-electron chi connectivity index (χ1n) is 6.86. The van der Waals surface area contributed by atoms with E-state index in [-0.39, 0.29) is 5.91 Å². The average Bonchev–Trinajstić information content (AvgIpc) is 2.47. The number of likely N-dealkylation sites (N-methyl/N-ethyl adjacent to an activating group) is 1. The molecular formula is C16H16BrN3O. The van der Waals surface area contributed by atoms with Gasteiger partial charge in [-0.3, -0.25) is 4.79 Å². The third kappa shape index (κ3) is 2.99. The topological polar surface area (TPSA) is 45.2 Å². The minimum absolute atomic E-state index is 0.185. The monoisotopic (exact) mass is 345 g/mol. The smallest absolute Gasteiger partial charge is 0.275 e. The number of carbonyl (C=O) groups excluding carboxylic acids is 1. The summed E-state index contributed by atoms with van der Waals surface area (Å²) in [5.41, 5.74) is 3.81. The predicted molar refractivity (Wildman–Crippen MR) is 86.4 cm³/mol. The van der Waals surface area contributed by atoms with Gasteiger partial charge in [0, 0.05) is 29.4 Å². The molecular weight excluding hydrogens is 330 g/mol. The van der Waals surface area contributed by atoms with Crippen molar-refractivity contribution in [3.63, 3.8) is 0 Å². The van der Waals surface area contributed by atoms with E-state index >= 15 is 0 Å². The molecule has 0 atom stereocenters. The molecule has 0 unspecified atom stereocenters. The van der Waals surface area contributed by atoms with Gasteiger partial charge in [0.2, 0.25) is 0 Å². The third-order valence-electron chi connectivity index (χ3n) is 3.68. The van der Waals surface area contributed by atoms with E-state index in [1.54, 1.807) is 12.3 Å². The molecule has 0 fully saturated rings. The van der Waals surface area contributed by atoms with Crippen LogP contribution in [0.3, 0.4) is 0 Å². The molecule has 0 saturated carbocycles. The van der Waals surface area contributed by atoms with Gasteiger partial charge in [0.15, 0.2) is 0 Å². The number of hydrogen-bond donors (Lipinski definition) is 1. The molecule has 108 valence electrons. The molecule has 0 bridgehead atoms. The number of nitrogens with one attached hydrogen (secondary N) is 1. The zero-order chi connectivity index (χ0) is 14.8. The van der Waals surface area contributed by atoms with E-state index in [0.29, 0.717) is 10.2 Å². The zero-order valence-electron chi connectivity index (χ0n) is 11.8. The van der Waals surface area contributed by atoms with E-state index in [1.165, 1.54) is 11.1 Å². The molecule has 0 spiro atoms. The number of aromatic nitrogens is 1. The lowest BCUT2D eigenvalue weighted by Crippen LogP contribution is -2.27. The number of pyridine rings is 1. The minimum atomic E-state index is -0.185. The molecule has 2 aromatic rings. The SMILES string of the molecule is CN1CCc2c(cccc2NC(=O)c2ncccc2Br)C1. The number of halogens is 1. The van der Waals surface area contributed by atoms with Gasteiger partial charge < -0.3 is 10.2 Å². The van der Waals surface area contributed by atoms with E-state index in [0.717, 1.165) is 25.2 Å². The summed E-state index contributed by atoms with van der Waals surface area (Å²) in [4.78, 5) is 18.8. The van der Waals surface area contributed by atoms with Crippen LogP contribution >= 0.6 is 15.9 Å². The Morgan fingerprint density at radius 1 is 1.33 bits per heavy atom. The molecule has 0 aliphatic carbocycles. The van der Waals surface area contributed by atoms with Crippen molar-refractivity contribution in [3.8, 4) is 0 Å². The molecule has 2 heterocycles. The molecule has 1 aromatic carbocycles. The molecule has 1 amide bonds. The van der Waals surface area contributed by atoms with Crippen LogP contribution < -0.4 is 5.32 Å². The Morgan fingerprint density at radius 2 is 2.19 bits per heavy atom. The van der Waals surface area contributed by atoms with Gasteiger partial charge in [-0.15, -0.1) is 0 Å². The lowest BCUT2D eigenvalue weighted by Gasteiger charge is -2.26. The predicted octanol–water partition coefficient (Wildman–Crippen LogP) is 3.08. The van der Waals surface area contributed by atoms with E-state index < -0.39 is 0 Å². The first-order valence-corrected chi connectivity index (χ1v) is 7.65. The highest BCUT2D eigenvalue weighted by molar-refractivity contribution is 9.10. The summed E-state index contributed by atoms with van der Waals surface area (Å²) in [6.45, 7) is 1.93. The zero-order valence-corrected chi connectivity index (χ0v) is 13.4. The van der Waals surface area contributed by atoms with Crippen molar-refractivity contribution < 1.29 is 4.79 Å². The van der Waals surface area contributed by atoms with Gasteiger partial charge in [0.05, 0.1) is 0 Å². The second kappa shape index (κ2) is 5.95. The molecule has 4 nitrogen and oxygen atoms in total. The van der Waals surface area contributed by atoms with Crippen LogP contribution in [-0.2, 0) is 13.0 Å². The maximum atomic E-state index is 12.4. The van der Waals surface area contributed by atoms with Crippen LogP contribution in [0.4, 0.5) is 5.69 Å². The number of benzene rings is 1. The minimum Gasteiger partial charge on any atom is -0.320 e. The molecule has 1 aliphatic rings. The Morgan fingerprint density at radius 3 is 3.00 bits per heavy atom. The first kappa shape index (κ1) is 14.2. The van der Waals surface area contributed by atoms with Gasteiger partial charge in [-0.2, -0.15) is 0 Å². The molecule has 5 heteroatoms. The summed E-state index contributed by atoms with van der Waals surface area (Å²) < 4.78 is 0.701. The molecule has 0 saturated heterocycles. The maximum Gasteiger partial charge on any atom is 0.275 e. The first-order chi connectivity index (χ1) is 10.1. The van der Waals surface area contributed by atoms with Crippen molar-refractivity contribution in [2.45, 2.75) is 13.0 Å². The quantitative estimate of drug-likeness (QED) is 0.909. The van der Waals surface area contributed by atoms with E-state index in [1.807, 2.05) is 18.2 Å². The number of rotatable bonds is 2. The molecule has 21 heavy (non-hydrogen) atoms. The van der Waals surface area contributed by atoms with Crippen molar-refractivity contribution in [1.82, 2.24) is 9.88 Å². The van der Waals surface area contributed by atoms with Gasteiger partial charge in [-0.1, -0.05) is 12.1 Å². The summed E-state index contributed by atoms with van der Waals surface area (Å²) in [5.74, 6) is -0.185. The van der Waals surface area contributed by atoms with Gasteiger partial charge in [-0.25, -0.2) is 4.98 Å². The Labute approximate surface area is 132 Å². The van der Waals surface area contributed by atoms with Crippen LogP contribution in [0.2, 0.25) is 0 Å². The summed E-state index contributed by atoms with van der Waals surface area (Å²) in [6.07, 6.45) is 2.57. The van der Waals surface area contributed by atoms with E-state index in [2.05, 4.69) is 44.2 Å². The highest BCUT2D eigenvalue weighted by atomic mass is 79.9. The van der Waals surface area contributed by atoms with E-state index in [9.17, 15) is 4.79 Å². The fourth-order valence-electron chi connectivity index (χ4n) is 2.60. The molecule has 1 aliphatic heterocycles. The fourth-order valence-corrected chi connectivity index (χ4v) is 3.04. The second-order valence-electron chi connectivity index (χ2n) is 5.22. The number of amides is 1. The summed E-state index contributed by atoms with van der Waals surface area (Å²) in [5, 5.41) is 2.99. The van der Waals surface area contributed by atoms with Crippen molar-refractivity contribution >= 4 is 27.5 Å². The van der Waals surface area contributed by atoms with Crippen LogP contribution in [0, 0.1) is 0 Å². The van der Waals surface area contributed by atoms with Gasteiger partial charge in [-0.05, 0) is 58.7 Å². The van der Waals surface area contributed by atoms with E-state index in [4.69, 9.17) is 0 Å². The Balaban J connectivity index is 1.88. The molecule has 3 rings (SSSR count). The van der Waals surface area contributed by atoms with Crippen LogP contribution in [0.5, 0.6) is 0 Å². The van der Waals surface area contributed by atoms with Gasteiger partial charge in [0.1, 0.15) is 5.69 Å². The second-order valence-corrected chi connectivity index (χ2v) is 6.07. The van der Waals surface area contributed by atoms with Crippen molar-refractivity contribution in [1.29, 1.82) is 0 Å². The van der Waals surface area contributed by atoms with Crippen molar-refractivity contribution in [2.24, 2.45) is 0 Å². The average molecular weight is 346 g/mol. The maximum absolute atomic E-state index is 12.4. The highest BCUT2D eigenvalue weighted by Crippen LogP contribution is 2.26. The summed E-state index contributed by atoms with van der Waals surface area (Å²) in [6, 6.07) is 9.68. The number of anilines is 1. The molecule has 1 N–H and O–H groups in total. The van der Waals surface area contributed by atoms with Crippen molar-refractivity contribution in [3.05, 3.63) is 57.8 Å². The standard InChI is InChI=1S/C16H16BrN3O/c1-20-9-7-12-11(10-20)4-2-6-14(12)19-16(21)15-13(17)5-3-8-18-15/h2-6,8H,7,9-10H2,1H3,(H,19,21). The van der Waals surface area contributed by atoms with Gasteiger partial charge >= 0.3 is 0 Å². The third-order valence-corrected chi connectivity index (χ3v) is 4.32. The number of carbonyl (C=O) groups is 1. The molecule has 1 aromatic heterocycles. The fraction of sp³-hybridized carbons (Fsp3) is 0.250. The number of nitrogens with zero attached hydrogens (tertiary/aromatic N) is 2. The Kier molecular flexibility index (Phi) is 4.03. The van der Waals surface area contributed by atoms with Crippen LogP contribution in [-0.4, -0.2) is 29.4 Å². The lowest BCUT2D eigenvalue weighted by molar-refractivity contribution is 0.102. The van der Waals surface area contributed by atoms with Gasteiger partial charge in [0.25, 0.3) is 5.91 Å². The Hall–Kier alpha value is -1.72. The van der Waals surface area contributed by atoms with Crippen LogP contribution in [0.1, 0.15) is 21.6 Å².